The topological polar surface area (TPSA) is 58.2 Å². The number of amides is 2. The van der Waals surface area contributed by atoms with Crippen LogP contribution in [0.5, 0.6) is 0 Å². The van der Waals surface area contributed by atoms with Crippen LogP contribution in [0.2, 0.25) is 5.02 Å². The number of hydrogen-bond donors (Lipinski definition) is 2. The van der Waals surface area contributed by atoms with Crippen molar-refractivity contribution in [1.29, 1.82) is 0 Å². The molecule has 24 heavy (non-hydrogen) atoms. The molecule has 0 heterocycles. The molecule has 4 nitrogen and oxygen atoms in total. The first-order chi connectivity index (χ1) is 11.2. The van der Waals surface area contributed by atoms with E-state index in [4.69, 9.17) is 11.6 Å². The van der Waals surface area contributed by atoms with E-state index in [-0.39, 0.29) is 22.2 Å². The minimum Gasteiger partial charge on any atom is -0.345 e. The average molecular weight is 355 g/mol. The Kier molecular flexibility index (Phi) is 5.86. The van der Waals surface area contributed by atoms with Crippen molar-refractivity contribution in [2.75, 3.05) is 5.32 Å². The Morgan fingerprint density at radius 3 is 2.29 bits per heavy atom. The molecule has 1 aromatic carbocycles. The van der Waals surface area contributed by atoms with Gasteiger partial charge in [0.15, 0.2) is 0 Å². The van der Waals surface area contributed by atoms with Crippen LogP contribution in [0.3, 0.4) is 0 Å². The van der Waals surface area contributed by atoms with Crippen LogP contribution in [0.1, 0.15) is 46.5 Å². The van der Waals surface area contributed by atoms with Crippen LogP contribution < -0.4 is 10.6 Å². The van der Waals surface area contributed by atoms with E-state index >= 15 is 0 Å². The minimum atomic E-state index is -0.768. The van der Waals surface area contributed by atoms with Gasteiger partial charge in [0, 0.05) is 11.7 Å². The second kappa shape index (κ2) is 7.51. The fourth-order valence-electron chi connectivity index (χ4n) is 3.12. The molecule has 0 aliphatic heterocycles. The van der Waals surface area contributed by atoms with Gasteiger partial charge in [0.2, 0.25) is 0 Å². The molecule has 132 valence electrons. The standard InChI is InChI=1S/C18H24ClFN2O2/c1-18(2,3)11-4-6-12(7-5-11)21-16(23)17(24)22-13-8-9-15(20)14(19)10-13/h8-12H,4-7H2,1-3H3,(H,21,23)(H,22,24). The number of rotatable bonds is 2. The van der Waals surface area contributed by atoms with E-state index < -0.39 is 17.6 Å². The molecule has 1 aromatic rings. The third-order valence-electron chi connectivity index (χ3n) is 4.67. The molecular formula is C18H24ClFN2O2. The summed E-state index contributed by atoms with van der Waals surface area (Å²) in [7, 11) is 0. The molecule has 2 rings (SSSR count). The van der Waals surface area contributed by atoms with Gasteiger partial charge in [-0.15, -0.1) is 0 Å². The molecule has 1 fully saturated rings. The molecule has 0 bridgehead atoms. The van der Waals surface area contributed by atoms with Crippen LogP contribution in [0.15, 0.2) is 18.2 Å². The van der Waals surface area contributed by atoms with Gasteiger partial charge in [-0.3, -0.25) is 9.59 Å². The zero-order chi connectivity index (χ0) is 17.9. The monoisotopic (exact) mass is 354 g/mol. The summed E-state index contributed by atoms with van der Waals surface area (Å²) < 4.78 is 13.1. The molecule has 0 unspecified atom stereocenters. The van der Waals surface area contributed by atoms with Gasteiger partial charge in [-0.05, 0) is 55.2 Å². The van der Waals surface area contributed by atoms with Crippen molar-refractivity contribution < 1.29 is 14.0 Å². The van der Waals surface area contributed by atoms with Gasteiger partial charge >= 0.3 is 11.8 Å². The smallest absolute Gasteiger partial charge is 0.313 e. The molecule has 6 heteroatoms. The first kappa shape index (κ1) is 18.7. The second-order valence-corrected chi connectivity index (χ2v) is 7.88. The summed E-state index contributed by atoms with van der Waals surface area (Å²) in [5, 5.41) is 5.11. The highest BCUT2D eigenvalue weighted by atomic mass is 35.5. The molecule has 0 saturated heterocycles. The van der Waals surface area contributed by atoms with Gasteiger partial charge in [0.1, 0.15) is 5.82 Å². The van der Waals surface area contributed by atoms with Crippen LogP contribution in [-0.4, -0.2) is 17.9 Å². The summed E-state index contributed by atoms with van der Waals surface area (Å²) in [5.74, 6) is -1.37. The number of carbonyl (C=O) groups is 2. The molecule has 0 spiro atoms. The normalized spacial score (nSPS) is 21.2. The number of hydrogen-bond acceptors (Lipinski definition) is 2. The summed E-state index contributed by atoms with van der Waals surface area (Å²) in [5.41, 5.74) is 0.562. The zero-order valence-electron chi connectivity index (χ0n) is 14.3. The fraction of sp³-hybridized carbons (Fsp3) is 0.556. The van der Waals surface area contributed by atoms with Crippen molar-refractivity contribution in [3.05, 3.63) is 29.0 Å². The molecular weight excluding hydrogens is 331 g/mol. The number of benzene rings is 1. The SMILES string of the molecule is CC(C)(C)C1CCC(NC(=O)C(=O)Nc2ccc(F)c(Cl)c2)CC1. The molecule has 0 radical (unpaired) electrons. The van der Waals surface area contributed by atoms with Crippen LogP contribution in [-0.2, 0) is 9.59 Å². The summed E-state index contributed by atoms with van der Waals surface area (Å²) in [4.78, 5) is 24.0. The van der Waals surface area contributed by atoms with Gasteiger partial charge in [-0.25, -0.2) is 4.39 Å². The Hall–Kier alpha value is -1.62. The first-order valence-corrected chi connectivity index (χ1v) is 8.61. The lowest BCUT2D eigenvalue weighted by molar-refractivity contribution is -0.136. The zero-order valence-corrected chi connectivity index (χ0v) is 15.0. The summed E-state index contributed by atoms with van der Waals surface area (Å²) in [6.45, 7) is 6.70. The maximum Gasteiger partial charge on any atom is 0.313 e. The van der Waals surface area contributed by atoms with Crippen LogP contribution in [0.4, 0.5) is 10.1 Å². The van der Waals surface area contributed by atoms with Crippen molar-refractivity contribution in [1.82, 2.24) is 5.32 Å². The Morgan fingerprint density at radius 1 is 1.12 bits per heavy atom. The summed E-state index contributed by atoms with van der Waals surface area (Å²) in [6.07, 6.45) is 3.85. The lowest BCUT2D eigenvalue weighted by Gasteiger charge is -2.37. The maximum atomic E-state index is 13.1. The van der Waals surface area contributed by atoms with E-state index in [1.54, 1.807) is 0 Å². The maximum absolute atomic E-state index is 13.1. The quantitative estimate of drug-likeness (QED) is 0.784. The molecule has 0 atom stereocenters. The van der Waals surface area contributed by atoms with Crippen LogP contribution in [0, 0.1) is 17.2 Å². The Bertz CT molecular complexity index is 620. The van der Waals surface area contributed by atoms with E-state index in [1.165, 1.54) is 12.1 Å². The number of carbonyl (C=O) groups excluding carboxylic acids is 2. The van der Waals surface area contributed by atoms with E-state index in [0.29, 0.717) is 5.92 Å². The van der Waals surface area contributed by atoms with Crippen molar-refractivity contribution in [3.63, 3.8) is 0 Å². The fourth-order valence-corrected chi connectivity index (χ4v) is 3.30. The van der Waals surface area contributed by atoms with Gasteiger partial charge in [0.25, 0.3) is 0 Å². The Morgan fingerprint density at radius 2 is 1.75 bits per heavy atom. The molecule has 2 N–H and O–H groups in total. The predicted octanol–water partition coefficient (Wildman–Crippen LogP) is 4.14. The lowest BCUT2D eigenvalue weighted by Crippen LogP contribution is -2.44. The number of nitrogens with one attached hydrogen (secondary N) is 2. The molecule has 0 aromatic heterocycles. The number of anilines is 1. The highest BCUT2D eigenvalue weighted by Gasteiger charge is 2.30. The average Bonchev–Trinajstić information content (AvgIpc) is 2.50. The lowest BCUT2D eigenvalue weighted by atomic mass is 9.71. The van der Waals surface area contributed by atoms with Crippen molar-refractivity contribution in [2.45, 2.75) is 52.5 Å². The molecule has 1 aliphatic rings. The van der Waals surface area contributed by atoms with Gasteiger partial charge in [0.05, 0.1) is 5.02 Å². The second-order valence-electron chi connectivity index (χ2n) is 7.47. The van der Waals surface area contributed by atoms with E-state index in [1.807, 2.05) is 0 Å². The highest BCUT2D eigenvalue weighted by molar-refractivity contribution is 6.40. The molecule has 2 amide bonds. The van der Waals surface area contributed by atoms with Crippen LogP contribution >= 0.6 is 11.6 Å². The van der Waals surface area contributed by atoms with Crippen molar-refractivity contribution >= 4 is 29.1 Å². The van der Waals surface area contributed by atoms with Crippen LogP contribution in [0.25, 0.3) is 0 Å². The third-order valence-corrected chi connectivity index (χ3v) is 4.96. The third kappa shape index (κ3) is 4.94. The van der Waals surface area contributed by atoms with Crippen molar-refractivity contribution in [2.24, 2.45) is 11.3 Å². The first-order valence-electron chi connectivity index (χ1n) is 8.23. The highest BCUT2D eigenvalue weighted by Crippen LogP contribution is 2.37. The Balaban J connectivity index is 1.84. The largest absolute Gasteiger partial charge is 0.345 e. The van der Waals surface area contributed by atoms with E-state index in [9.17, 15) is 14.0 Å². The van der Waals surface area contributed by atoms with Gasteiger partial charge in [-0.2, -0.15) is 0 Å². The Labute approximate surface area is 147 Å². The van der Waals surface area contributed by atoms with Gasteiger partial charge < -0.3 is 10.6 Å². The number of halogens is 2. The van der Waals surface area contributed by atoms with Crippen molar-refractivity contribution in [3.8, 4) is 0 Å². The molecule has 1 aliphatic carbocycles. The summed E-state index contributed by atoms with van der Waals surface area (Å²) in [6, 6.07) is 3.81. The predicted molar refractivity (Wildman–Crippen MR) is 93.4 cm³/mol. The minimum absolute atomic E-state index is 0.0265. The molecule has 1 saturated carbocycles. The van der Waals surface area contributed by atoms with Gasteiger partial charge in [-0.1, -0.05) is 32.4 Å². The summed E-state index contributed by atoms with van der Waals surface area (Å²) >= 11 is 5.66. The van der Waals surface area contributed by atoms with E-state index in [0.717, 1.165) is 31.7 Å². The van der Waals surface area contributed by atoms with E-state index in [2.05, 4.69) is 31.4 Å².